The van der Waals surface area contributed by atoms with Gasteiger partial charge in [0, 0.05) is 0 Å². The Kier molecular flexibility index (Phi) is 5.22. The number of aliphatic hydroxyl groups excluding tert-OH is 1. The maximum absolute atomic E-state index is 12.5. The van der Waals surface area contributed by atoms with Crippen LogP contribution in [0.2, 0.25) is 0 Å². The van der Waals surface area contributed by atoms with Crippen LogP contribution in [0.25, 0.3) is 0 Å². The van der Waals surface area contributed by atoms with Crippen molar-refractivity contribution in [1.29, 1.82) is 0 Å². The summed E-state index contributed by atoms with van der Waals surface area (Å²) in [7, 11) is 0. The average Bonchev–Trinajstić information content (AvgIpc) is 2.33. The normalized spacial score (nSPS) is 13.7. The van der Waals surface area contributed by atoms with Crippen molar-refractivity contribution in [3.05, 3.63) is 35.4 Å². The van der Waals surface area contributed by atoms with Crippen molar-refractivity contribution in [2.24, 2.45) is 0 Å². The highest BCUT2D eigenvalue weighted by molar-refractivity contribution is 5.68. The van der Waals surface area contributed by atoms with Crippen molar-refractivity contribution < 1.29 is 27.8 Å². The number of amides is 1. The predicted molar refractivity (Wildman–Crippen MR) is 70.6 cm³/mol. The van der Waals surface area contributed by atoms with Crippen LogP contribution in [0, 0.1) is 0 Å². The highest BCUT2D eigenvalue weighted by atomic mass is 19.4. The lowest BCUT2D eigenvalue weighted by Gasteiger charge is -2.23. The molecule has 0 aromatic heterocycles. The van der Waals surface area contributed by atoms with Gasteiger partial charge in [0.15, 0.2) is 0 Å². The Balaban J connectivity index is 2.79. The second kappa shape index (κ2) is 6.34. The molecule has 1 atom stereocenters. The van der Waals surface area contributed by atoms with Gasteiger partial charge in [-0.2, -0.15) is 13.2 Å². The van der Waals surface area contributed by atoms with Crippen LogP contribution in [0.1, 0.15) is 37.9 Å². The van der Waals surface area contributed by atoms with Gasteiger partial charge in [-0.3, -0.25) is 0 Å². The molecule has 1 rings (SSSR count). The van der Waals surface area contributed by atoms with Crippen molar-refractivity contribution in [1.82, 2.24) is 5.32 Å². The molecule has 1 amide bonds. The molecule has 0 bridgehead atoms. The number of carbonyl (C=O) groups is 1. The second-order valence-electron chi connectivity index (χ2n) is 5.50. The van der Waals surface area contributed by atoms with E-state index in [1.165, 1.54) is 12.1 Å². The van der Waals surface area contributed by atoms with Crippen LogP contribution in [0.5, 0.6) is 0 Å². The van der Waals surface area contributed by atoms with Gasteiger partial charge in [0.2, 0.25) is 0 Å². The van der Waals surface area contributed by atoms with Gasteiger partial charge in [-0.05, 0) is 38.5 Å². The lowest BCUT2D eigenvalue weighted by atomic mass is 10.1. The zero-order chi connectivity index (χ0) is 16.3. The van der Waals surface area contributed by atoms with Crippen LogP contribution in [0.15, 0.2) is 24.3 Å². The van der Waals surface area contributed by atoms with Crippen LogP contribution in [-0.4, -0.2) is 23.4 Å². The molecule has 0 radical (unpaired) electrons. The molecule has 0 aliphatic heterocycles. The molecule has 2 N–H and O–H groups in total. The topological polar surface area (TPSA) is 58.6 Å². The number of nitrogens with one attached hydrogen (secondary N) is 1. The largest absolute Gasteiger partial charge is 0.444 e. The number of rotatable bonds is 3. The molecule has 7 heteroatoms. The molecule has 0 saturated carbocycles. The summed E-state index contributed by atoms with van der Waals surface area (Å²) in [4.78, 5) is 11.6. The third-order valence-electron chi connectivity index (χ3n) is 2.51. The van der Waals surface area contributed by atoms with Gasteiger partial charge in [0.1, 0.15) is 5.60 Å². The van der Waals surface area contributed by atoms with Gasteiger partial charge >= 0.3 is 12.3 Å². The Morgan fingerprint density at radius 2 is 1.76 bits per heavy atom. The molecule has 4 nitrogen and oxygen atoms in total. The van der Waals surface area contributed by atoms with E-state index in [1.54, 1.807) is 20.8 Å². The van der Waals surface area contributed by atoms with E-state index < -0.39 is 36.1 Å². The Labute approximate surface area is 120 Å². The number of carbonyl (C=O) groups excluding carboxylic acids is 1. The first-order valence-corrected chi connectivity index (χ1v) is 6.30. The van der Waals surface area contributed by atoms with Gasteiger partial charge in [-0.1, -0.05) is 12.1 Å². The summed E-state index contributed by atoms with van der Waals surface area (Å²) >= 11 is 0. The van der Waals surface area contributed by atoms with E-state index in [0.29, 0.717) is 5.56 Å². The maximum atomic E-state index is 12.5. The van der Waals surface area contributed by atoms with Crippen molar-refractivity contribution >= 4 is 6.09 Å². The van der Waals surface area contributed by atoms with Gasteiger partial charge in [-0.25, -0.2) is 4.79 Å². The first kappa shape index (κ1) is 17.3. The SMILES string of the molecule is CC(C)(C)OC(=O)N[C@H](CO)c1ccc(C(F)(F)F)cc1. The molecular weight excluding hydrogens is 287 g/mol. The zero-order valence-corrected chi connectivity index (χ0v) is 12.0. The molecule has 0 aliphatic rings. The first-order chi connectivity index (χ1) is 9.53. The highest BCUT2D eigenvalue weighted by Crippen LogP contribution is 2.29. The van der Waals surface area contributed by atoms with E-state index in [-0.39, 0.29) is 0 Å². The van der Waals surface area contributed by atoms with E-state index in [2.05, 4.69) is 5.32 Å². The summed E-state index contributed by atoms with van der Waals surface area (Å²) in [5.74, 6) is 0. The van der Waals surface area contributed by atoms with Crippen molar-refractivity contribution in [2.45, 2.75) is 38.6 Å². The number of hydrogen-bond acceptors (Lipinski definition) is 3. The van der Waals surface area contributed by atoms with Gasteiger partial charge in [0.25, 0.3) is 0 Å². The minimum Gasteiger partial charge on any atom is -0.444 e. The van der Waals surface area contributed by atoms with Crippen molar-refractivity contribution in [3.8, 4) is 0 Å². The molecule has 1 aromatic rings. The number of alkyl halides is 3. The van der Waals surface area contributed by atoms with Crippen LogP contribution < -0.4 is 5.32 Å². The van der Waals surface area contributed by atoms with Crippen LogP contribution in [-0.2, 0) is 10.9 Å². The Morgan fingerprint density at radius 1 is 1.24 bits per heavy atom. The van der Waals surface area contributed by atoms with E-state index in [1.807, 2.05) is 0 Å². The second-order valence-corrected chi connectivity index (χ2v) is 5.50. The molecule has 0 fully saturated rings. The lowest BCUT2D eigenvalue weighted by molar-refractivity contribution is -0.137. The first-order valence-electron chi connectivity index (χ1n) is 6.30. The number of hydrogen-bond donors (Lipinski definition) is 2. The number of aliphatic hydroxyl groups is 1. The summed E-state index contributed by atoms with van der Waals surface area (Å²) < 4.78 is 42.4. The van der Waals surface area contributed by atoms with Gasteiger partial charge in [0.05, 0.1) is 18.2 Å². The van der Waals surface area contributed by atoms with Gasteiger partial charge < -0.3 is 15.2 Å². The zero-order valence-electron chi connectivity index (χ0n) is 12.0. The minimum atomic E-state index is -4.42. The fourth-order valence-corrected chi connectivity index (χ4v) is 1.59. The standard InChI is InChI=1S/C14H18F3NO3/c1-13(2,3)21-12(20)18-11(8-19)9-4-6-10(7-5-9)14(15,16)17/h4-7,11,19H,8H2,1-3H3,(H,18,20)/t11-/m1/s1. The molecule has 0 unspecified atom stereocenters. The highest BCUT2D eigenvalue weighted by Gasteiger charge is 2.30. The molecule has 0 spiro atoms. The quantitative estimate of drug-likeness (QED) is 0.901. The molecule has 1 aromatic carbocycles. The Morgan fingerprint density at radius 3 is 2.14 bits per heavy atom. The van der Waals surface area contributed by atoms with E-state index in [4.69, 9.17) is 4.74 Å². The molecular formula is C14H18F3NO3. The van der Waals surface area contributed by atoms with Crippen molar-refractivity contribution in [2.75, 3.05) is 6.61 Å². The molecule has 118 valence electrons. The number of halogens is 3. The Hall–Kier alpha value is -1.76. The van der Waals surface area contributed by atoms with E-state index >= 15 is 0 Å². The maximum Gasteiger partial charge on any atom is 0.416 e. The minimum absolute atomic E-state index is 0.358. The van der Waals surface area contributed by atoms with Crippen molar-refractivity contribution in [3.63, 3.8) is 0 Å². The van der Waals surface area contributed by atoms with Crippen LogP contribution >= 0.6 is 0 Å². The molecule has 0 saturated heterocycles. The fraction of sp³-hybridized carbons (Fsp3) is 0.500. The number of ether oxygens (including phenoxy) is 1. The van der Waals surface area contributed by atoms with E-state index in [9.17, 15) is 23.1 Å². The van der Waals surface area contributed by atoms with Crippen LogP contribution in [0.3, 0.4) is 0 Å². The Bertz CT molecular complexity index is 478. The molecule has 0 aliphatic carbocycles. The summed E-state index contributed by atoms with van der Waals surface area (Å²) in [6.45, 7) is 4.58. The number of benzene rings is 1. The monoisotopic (exact) mass is 305 g/mol. The summed E-state index contributed by atoms with van der Waals surface area (Å²) in [6.07, 6.45) is -5.17. The lowest BCUT2D eigenvalue weighted by Crippen LogP contribution is -2.36. The molecule has 0 heterocycles. The third kappa shape index (κ3) is 5.63. The summed E-state index contributed by atoms with van der Waals surface area (Å²) in [5.41, 5.74) is -1.14. The van der Waals surface area contributed by atoms with E-state index in [0.717, 1.165) is 12.1 Å². The van der Waals surface area contributed by atoms with Crippen LogP contribution in [0.4, 0.5) is 18.0 Å². The van der Waals surface area contributed by atoms with Gasteiger partial charge in [-0.15, -0.1) is 0 Å². The predicted octanol–water partition coefficient (Wildman–Crippen LogP) is 3.26. The summed E-state index contributed by atoms with van der Waals surface area (Å²) in [5, 5.41) is 11.7. The third-order valence-corrected chi connectivity index (χ3v) is 2.51. The smallest absolute Gasteiger partial charge is 0.416 e. The summed E-state index contributed by atoms with van der Waals surface area (Å²) in [6, 6.07) is 3.38. The molecule has 21 heavy (non-hydrogen) atoms. The average molecular weight is 305 g/mol. The fourth-order valence-electron chi connectivity index (χ4n) is 1.59. The number of alkyl carbamates (subject to hydrolysis) is 1.